The van der Waals surface area contributed by atoms with Gasteiger partial charge in [0.15, 0.2) is 11.5 Å². The first-order valence-electron chi connectivity index (χ1n) is 9.87. The Morgan fingerprint density at radius 2 is 1.94 bits per heavy atom. The van der Waals surface area contributed by atoms with Gasteiger partial charge in [0.25, 0.3) is 0 Å². The molecule has 2 aliphatic rings. The van der Waals surface area contributed by atoms with E-state index in [9.17, 15) is 4.79 Å². The predicted molar refractivity (Wildman–Crippen MR) is 120 cm³/mol. The fourth-order valence-corrected chi connectivity index (χ4v) is 4.82. The zero-order chi connectivity index (χ0) is 21.5. The molecule has 0 saturated carbocycles. The van der Waals surface area contributed by atoms with Crippen LogP contribution in [0.5, 0.6) is 11.5 Å². The van der Waals surface area contributed by atoms with Gasteiger partial charge in [0, 0.05) is 16.8 Å². The van der Waals surface area contributed by atoms with E-state index in [0.717, 1.165) is 33.2 Å². The van der Waals surface area contributed by atoms with E-state index < -0.39 is 0 Å². The number of thiophene rings is 1. The fraction of sp³-hybridized carbons (Fsp3) is 0.217. The van der Waals surface area contributed by atoms with Crippen molar-refractivity contribution in [1.82, 2.24) is 0 Å². The molecular weight excluding hydrogens is 414 g/mol. The second-order valence-electron chi connectivity index (χ2n) is 7.46. The number of nitrogen functional groups attached to an aromatic ring is 1. The zero-order valence-corrected chi connectivity index (χ0v) is 17.9. The summed E-state index contributed by atoms with van der Waals surface area (Å²) >= 11 is 1.46. The van der Waals surface area contributed by atoms with Crippen LogP contribution in [0.4, 0.5) is 10.7 Å². The first-order chi connectivity index (χ1) is 15.0. The number of ether oxygens (including phenoxy) is 3. The zero-order valence-electron chi connectivity index (χ0n) is 17.1. The van der Waals surface area contributed by atoms with E-state index >= 15 is 0 Å². The second-order valence-corrected chi connectivity index (χ2v) is 8.36. The molecule has 0 spiro atoms. The van der Waals surface area contributed by atoms with Gasteiger partial charge in [-0.1, -0.05) is 12.1 Å². The quantitative estimate of drug-likeness (QED) is 0.493. The van der Waals surface area contributed by atoms with Crippen LogP contribution >= 0.6 is 11.3 Å². The number of fused-ring (bicyclic) bond motifs is 2. The summed E-state index contributed by atoms with van der Waals surface area (Å²) in [5.41, 5.74) is 10.9. The fourth-order valence-electron chi connectivity index (χ4n) is 3.88. The number of methoxy groups -OCH3 is 1. The van der Waals surface area contributed by atoms with Gasteiger partial charge < -0.3 is 19.9 Å². The molecule has 5 rings (SSSR count). The summed E-state index contributed by atoms with van der Waals surface area (Å²) in [4.78, 5) is 12.3. The summed E-state index contributed by atoms with van der Waals surface area (Å²) in [5, 5.41) is 9.60. The predicted octanol–water partition coefficient (Wildman–Crippen LogP) is 4.05. The van der Waals surface area contributed by atoms with E-state index in [1.165, 1.54) is 18.4 Å². The molecule has 0 saturated heterocycles. The molecule has 2 aromatic carbocycles. The summed E-state index contributed by atoms with van der Waals surface area (Å²) in [7, 11) is 1.39. The number of hydrogen-bond donors (Lipinski definition) is 1. The molecule has 3 aromatic rings. The maximum Gasteiger partial charge on any atom is 0.340 e. The van der Waals surface area contributed by atoms with Crippen molar-refractivity contribution < 1.29 is 19.0 Å². The number of hydrogen-bond acceptors (Lipinski definition) is 8. The molecule has 2 aliphatic heterocycles. The summed E-state index contributed by atoms with van der Waals surface area (Å²) in [6, 6.07) is 13.4. The van der Waals surface area contributed by atoms with Gasteiger partial charge >= 0.3 is 5.97 Å². The number of hydrazone groups is 1. The van der Waals surface area contributed by atoms with Gasteiger partial charge in [0.1, 0.15) is 5.00 Å². The Morgan fingerprint density at radius 3 is 2.68 bits per heavy atom. The van der Waals surface area contributed by atoms with Gasteiger partial charge in [0.05, 0.1) is 24.4 Å². The van der Waals surface area contributed by atoms with Crippen LogP contribution in [0.3, 0.4) is 0 Å². The van der Waals surface area contributed by atoms with E-state index in [-0.39, 0.29) is 18.8 Å². The van der Waals surface area contributed by atoms with Crippen LogP contribution in [-0.4, -0.2) is 31.6 Å². The molecule has 0 unspecified atom stereocenters. The van der Waals surface area contributed by atoms with Gasteiger partial charge in [-0.05, 0) is 54.6 Å². The molecule has 0 fully saturated rings. The Balaban J connectivity index is 1.70. The third kappa shape index (κ3) is 3.38. The standard InChI is InChI=1S/C23H21N3O4S/c1-13-9-15-10-19-20(30-12-29-19)11-18(15)21(14-3-5-16(24)6-4-14)25-26(13)22-17(7-8-31-22)23(27)28-2/h3-8,10-11,13H,9,12,24H2,1-2H3/t13-/m1/s1. The molecule has 0 aliphatic carbocycles. The van der Waals surface area contributed by atoms with Gasteiger partial charge in [-0.3, -0.25) is 5.01 Å². The molecule has 31 heavy (non-hydrogen) atoms. The monoisotopic (exact) mass is 435 g/mol. The molecule has 1 aromatic heterocycles. The van der Waals surface area contributed by atoms with Gasteiger partial charge in [-0.2, -0.15) is 5.10 Å². The molecule has 2 N–H and O–H groups in total. The Hall–Kier alpha value is -3.52. The highest BCUT2D eigenvalue weighted by molar-refractivity contribution is 7.14. The number of nitrogens with zero attached hydrogens (tertiary/aromatic N) is 2. The number of benzene rings is 2. The van der Waals surface area contributed by atoms with Gasteiger partial charge in [0.2, 0.25) is 6.79 Å². The average Bonchev–Trinajstić information content (AvgIpc) is 3.41. The van der Waals surface area contributed by atoms with Crippen molar-refractivity contribution in [1.29, 1.82) is 0 Å². The lowest BCUT2D eigenvalue weighted by molar-refractivity contribution is 0.0602. The van der Waals surface area contributed by atoms with Crippen LogP contribution in [0.25, 0.3) is 0 Å². The number of anilines is 2. The lowest BCUT2D eigenvalue weighted by Crippen LogP contribution is -2.30. The highest BCUT2D eigenvalue weighted by atomic mass is 32.1. The third-order valence-electron chi connectivity index (χ3n) is 5.44. The molecule has 3 heterocycles. The van der Waals surface area contributed by atoms with Crippen molar-refractivity contribution in [2.45, 2.75) is 19.4 Å². The number of esters is 1. The van der Waals surface area contributed by atoms with E-state index in [2.05, 4.69) is 6.92 Å². The van der Waals surface area contributed by atoms with E-state index in [1.54, 1.807) is 6.07 Å². The van der Waals surface area contributed by atoms with E-state index in [1.807, 2.05) is 46.8 Å². The summed E-state index contributed by atoms with van der Waals surface area (Å²) in [5.74, 6) is 1.06. The Bertz CT molecular complexity index is 1190. The van der Waals surface area contributed by atoms with Crippen molar-refractivity contribution >= 4 is 33.7 Å². The average molecular weight is 436 g/mol. The maximum atomic E-state index is 12.3. The smallest absolute Gasteiger partial charge is 0.340 e. The van der Waals surface area contributed by atoms with Crippen LogP contribution in [0.1, 0.15) is 34.0 Å². The molecule has 1 atom stereocenters. The molecule has 0 radical (unpaired) electrons. The minimum absolute atomic E-state index is 0.00698. The number of nitrogens with two attached hydrogens (primary N) is 1. The minimum Gasteiger partial charge on any atom is -0.465 e. The topological polar surface area (TPSA) is 86.4 Å². The highest BCUT2D eigenvalue weighted by Gasteiger charge is 2.30. The normalized spacial score (nSPS) is 17.0. The lowest BCUT2D eigenvalue weighted by Gasteiger charge is -2.24. The largest absolute Gasteiger partial charge is 0.465 e. The lowest BCUT2D eigenvalue weighted by atomic mass is 9.94. The summed E-state index contributed by atoms with van der Waals surface area (Å²) in [6.07, 6.45) is 0.715. The molecular formula is C23H21N3O4S. The van der Waals surface area contributed by atoms with Crippen molar-refractivity contribution in [3.05, 3.63) is 70.1 Å². The SMILES string of the molecule is COC(=O)c1ccsc1N1N=C(c2ccc(N)cc2)c2cc3c(cc2C[C@H]1C)OCO3. The number of carbonyl (C=O) groups is 1. The summed E-state index contributed by atoms with van der Waals surface area (Å²) in [6.45, 7) is 2.30. The van der Waals surface area contributed by atoms with Gasteiger partial charge in [-0.25, -0.2) is 4.79 Å². The Morgan fingerprint density at radius 1 is 1.19 bits per heavy atom. The van der Waals surface area contributed by atoms with Crippen molar-refractivity contribution in [3.63, 3.8) is 0 Å². The van der Waals surface area contributed by atoms with Crippen LogP contribution in [0, 0.1) is 0 Å². The molecule has 8 heteroatoms. The van der Waals surface area contributed by atoms with Crippen molar-refractivity contribution in [3.8, 4) is 11.5 Å². The minimum atomic E-state index is -0.379. The van der Waals surface area contributed by atoms with Crippen LogP contribution in [-0.2, 0) is 11.2 Å². The number of rotatable bonds is 3. The highest BCUT2D eigenvalue weighted by Crippen LogP contribution is 2.39. The van der Waals surface area contributed by atoms with E-state index in [4.69, 9.17) is 25.0 Å². The number of carbonyl (C=O) groups excluding carboxylic acids is 1. The Kier molecular flexibility index (Phi) is 4.78. The van der Waals surface area contributed by atoms with Crippen LogP contribution in [0.2, 0.25) is 0 Å². The molecule has 0 bridgehead atoms. The van der Waals surface area contributed by atoms with Gasteiger partial charge in [-0.15, -0.1) is 11.3 Å². The third-order valence-corrected chi connectivity index (χ3v) is 6.34. The van der Waals surface area contributed by atoms with Crippen molar-refractivity contribution in [2.75, 3.05) is 24.6 Å². The molecule has 0 amide bonds. The van der Waals surface area contributed by atoms with Crippen LogP contribution in [0.15, 0.2) is 52.9 Å². The first kappa shape index (κ1) is 19.4. The Labute approximate surface area is 183 Å². The maximum absolute atomic E-state index is 12.3. The molecule has 7 nitrogen and oxygen atoms in total. The first-order valence-corrected chi connectivity index (χ1v) is 10.8. The molecule has 158 valence electrons. The van der Waals surface area contributed by atoms with E-state index in [0.29, 0.717) is 23.4 Å². The second kappa shape index (κ2) is 7.63. The summed E-state index contributed by atoms with van der Waals surface area (Å²) < 4.78 is 16.2. The van der Waals surface area contributed by atoms with Crippen molar-refractivity contribution in [2.24, 2.45) is 5.10 Å². The van der Waals surface area contributed by atoms with Crippen LogP contribution < -0.4 is 20.2 Å².